The molecular formula is C25H26F2N2O2. The molecule has 162 valence electrons. The summed E-state index contributed by atoms with van der Waals surface area (Å²) in [5.74, 6) is -1.04. The zero-order valence-corrected chi connectivity index (χ0v) is 17.4. The SMILES string of the molecule is N#CC(F)=C/C=C/C1CCC(OC(=O)[C@H]2CC[C@H](c3ccc(C#N)c(F)c3)CC2)CC1. The van der Waals surface area contributed by atoms with Crippen molar-refractivity contribution in [1.29, 1.82) is 10.5 Å². The molecule has 0 aromatic heterocycles. The van der Waals surface area contributed by atoms with Gasteiger partial charge in [0.05, 0.1) is 11.5 Å². The van der Waals surface area contributed by atoms with Crippen molar-refractivity contribution in [3.05, 3.63) is 59.2 Å². The van der Waals surface area contributed by atoms with Crippen LogP contribution in [0.3, 0.4) is 0 Å². The molecule has 2 fully saturated rings. The molecule has 0 bridgehead atoms. The predicted octanol–water partition coefficient (Wildman–Crippen LogP) is 6.01. The summed E-state index contributed by atoms with van der Waals surface area (Å²) in [6, 6.07) is 8.05. The molecule has 31 heavy (non-hydrogen) atoms. The highest BCUT2D eigenvalue weighted by Crippen LogP contribution is 2.37. The van der Waals surface area contributed by atoms with Crippen molar-refractivity contribution in [2.24, 2.45) is 11.8 Å². The normalized spacial score (nSPS) is 26.8. The second kappa shape index (κ2) is 10.9. The molecule has 0 amide bonds. The number of allylic oxidation sites excluding steroid dienone is 4. The molecule has 0 radical (unpaired) electrons. The first-order valence-electron chi connectivity index (χ1n) is 10.8. The summed E-state index contributed by atoms with van der Waals surface area (Å²) in [6.45, 7) is 0. The van der Waals surface area contributed by atoms with E-state index in [1.807, 2.05) is 18.2 Å². The van der Waals surface area contributed by atoms with Gasteiger partial charge in [0.25, 0.3) is 0 Å². The standard InChI is InChI=1S/C25H26F2N2O2/c26-22(16-29)3-1-2-17-4-12-23(13-5-17)31-25(30)19-8-6-18(7-9-19)20-10-11-21(15-28)24(27)14-20/h1-3,10-11,14,17-19,23H,4-9,12-13H2/b2-1+,22-3?/t17?,18-,19-,23?. The zero-order chi connectivity index (χ0) is 22.2. The Morgan fingerprint density at radius 1 is 1.06 bits per heavy atom. The van der Waals surface area contributed by atoms with Crippen LogP contribution in [-0.2, 0) is 9.53 Å². The Morgan fingerprint density at radius 2 is 1.77 bits per heavy atom. The van der Waals surface area contributed by atoms with Gasteiger partial charge in [-0.1, -0.05) is 18.2 Å². The number of hydrogen-bond acceptors (Lipinski definition) is 4. The van der Waals surface area contributed by atoms with E-state index in [1.54, 1.807) is 6.08 Å². The summed E-state index contributed by atoms with van der Waals surface area (Å²) in [5.41, 5.74) is 0.941. The molecule has 2 aliphatic carbocycles. The number of carbonyl (C=O) groups is 1. The van der Waals surface area contributed by atoms with E-state index < -0.39 is 11.6 Å². The second-order valence-electron chi connectivity index (χ2n) is 8.38. The highest BCUT2D eigenvalue weighted by molar-refractivity contribution is 5.72. The van der Waals surface area contributed by atoms with Crippen LogP contribution in [0, 0.1) is 40.3 Å². The number of hydrogen-bond donors (Lipinski definition) is 0. The minimum absolute atomic E-state index is 0.0528. The predicted molar refractivity (Wildman–Crippen MR) is 112 cm³/mol. The number of esters is 1. The van der Waals surface area contributed by atoms with Crippen LogP contribution in [0.5, 0.6) is 0 Å². The fourth-order valence-electron chi connectivity index (χ4n) is 4.53. The summed E-state index contributed by atoms with van der Waals surface area (Å²) >= 11 is 0. The third kappa shape index (κ3) is 6.25. The van der Waals surface area contributed by atoms with Gasteiger partial charge in [0.15, 0.2) is 5.83 Å². The quantitative estimate of drug-likeness (QED) is 0.330. The van der Waals surface area contributed by atoms with Crippen LogP contribution in [0.25, 0.3) is 0 Å². The number of ether oxygens (including phenoxy) is 1. The summed E-state index contributed by atoms with van der Waals surface area (Å²) in [6.07, 6.45) is 10.9. The average Bonchev–Trinajstić information content (AvgIpc) is 2.80. The largest absolute Gasteiger partial charge is 0.462 e. The summed E-state index contributed by atoms with van der Waals surface area (Å²) in [5, 5.41) is 17.3. The molecule has 0 atom stereocenters. The van der Waals surface area contributed by atoms with Crippen molar-refractivity contribution >= 4 is 5.97 Å². The maximum absolute atomic E-state index is 13.9. The first-order valence-corrected chi connectivity index (χ1v) is 10.8. The highest BCUT2D eigenvalue weighted by atomic mass is 19.1. The van der Waals surface area contributed by atoms with Gasteiger partial charge in [-0.05, 0) is 87.0 Å². The van der Waals surface area contributed by atoms with E-state index in [4.69, 9.17) is 15.3 Å². The minimum atomic E-state index is -0.807. The van der Waals surface area contributed by atoms with Crippen molar-refractivity contribution in [2.75, 3.05) is 0 Å². The molecule has 1 aromatic carbocycles. The van der Waals surface area contributed by atoms with Crippen LogP contribution >= 0.6 is 0 Å². The fourth-order valence-corrected chi connectivity index (χ4v) is 4.53. The van der Waals surface area contributed by atoms with Gasteiger partial charge in [0.1, 0.15) is 24.1 Å². The second-order valence-corrected chi connectivity index (χ2v) is 8.38. The molecule has 0 N–H and O–H groups in total. The van der Waals surface area contributed by atoms with E-state index in [0.29, 0.717) is 5.92 Å². The lowest BCUT2D eigenvalue weighted by atomic mass is 9.78. The van der Waals surface area contributed by atoms with Gasteiger partial charge in [-0.2, -0.15) is 14.9 Å². The van der Waals surface area contributed by atoms with E-state index in [-0.39, 0.29) is 29.5 Å². The number of halogens is 2. The molecule has 3 rings (SSSR count). The first-order chi connectivity index (χ1) is 15.0. The van der Waals surface area contributed by atoms with Gasteiger partial charge in [-0.25, -0.2) is 4.39 Å². The average molecular weight is 424 g/mol. The van der Waals surface area contributed by atoms with E-state index in [2.05, 4.69) is 0 Å². The van der Waals surface area contributed by atoms with Gasteiger partial charge in [-0.3, -0.25) is 4.79 Å². The number of carbonyl (C=O) groups excluding carboxylic acids is 1. The third-order valence-electron chi connectivity index (χ3n) is 6.38. The van der Waals surface area contributed by atoms with Crippen LogP contribution in [0.2, 0.25) is 0 Å². The van der Waals surface area contributed by atoms with Crippen LogP contribution in [0.1, 0.15) is 68.4 Å². The molecule has 1 aromatic rings. The highest BCUT2D eigenvalue weighted by Gasteiger charge is 2.31. The minimum Gasteiger partial charge on any atom is -0.462 e. The molecule has 0 spiro atoms. The van der Waals surface area contributed by atoms with Crippen molar-refractivity contribution in [3.8, 4) is 12.1 Å². The van der Waals surface area contributed by atoms with Crippen molar-refractivity contribution in [1.82, 2.24) is 0 Å². The van der Waals surface area contributed by atoms with Gasteiger partial charge in [0.2, 0.25) is 0 Å². The topological polar surface area (TPSA) is 73.9 Å². The molecule has 0 aliphatic heterocycles. The molecule has 0 heterocycles. The number of nitriles is 2. The Bertz CT molecular complexity index is 926. The Hall–Kier alpha value is -2.99. The van der Waals surface area contributed by atoms with Gasteiger partial charge in [0, 0.05) is 0 Å². The van der Waals surface area contributed by atoms with Gasteiger partial charge >= 0.3 is 5.97 Å². The molecule has 6 heteroatoms. The van der Waals surface area contributed by atoms with E-state index in [9.17, 15) is 13.6 Å². The van der Waals surface area contributed by atoms with Crippen LogP contribution < -0.4 is 0 Å². The van der Waals surface area contributed by atoms with E-state index in [0.717, 1.165) is 63.0 Å². The molecule has 0 saturated heterocycles. The summed E-state index contributed by atoms with van der Waals surface area (Å²) in [7, 11) is 0. The Morgan fingerprint density at radius 3 is 2.39 bits per heavy atom. The number of benzene rings is 1. The Balaban J connectivity index is 1.42. The lowest BCUT2D eigenvalue weighted by Crippen LogP contribution is -2.29. The Labute approximate surface area is 181 Å². The van der Waals surface area contributed by atoms with Crippen molar-refractivity contribution in [2.45, 2.75) is 63.4 Å². The first kappa shape index (κ1) is 22.7. The summed E-state index contributed by atoms with van der Waals surface area (Å²) in [4.78, 5) is 12.6. The maximum atomic E-state index is 13.9. The Kier molecular flexibility index (Phi) is 7.95. The lowest BCUT2D eigenvalue weighted by molar-refractivity contribution is -0.157. The monoisotopic (exact) mass is 424 g/mol. The van der Waals surface area contributed by atoms with Crippen LogP contribution in [0.4, 0.5) is 8.78 Å². The van der Waals surface area contributed by atoms with Crippen molar-refractivity contribution < 1.29 is 18.3 Å². The molecule has 2 saturated carbocycles. The molecule has 0 unspecified atom stereocenters. The van der Waals surface area contributed by atoms with E-state index in [1.165, 1.54) is 18.2 Å². The lowest BCUT2D eigenvalue weighted by Gasteiger charge is -2.31. The number of rotatable bonds is 5. The smallest absolute Gasteiger partial charge is 0.309 e. The van der Waals surface area contributed by atoms with E-state index >= 15 is 0 Å². The zero-order valence-electron chi connectivity index (χ0n) is 17.4. The third-order valence-corrected chi connectivity index (χ3v) is 6.38. The van der Waals surface area contributed by atoms with Crippen LogP contribution in [-0.4, -0.2) is 12.1 Å². The van der Waals surface area contributed by atoms with Crippen LogP contribution in [0.15, 0.2) is 42.3 Å². The maximum Gasteiger partial charge on any atom is 0.309 e. The fraction of sp³-hybridized carbons (Fsp3) is 0.480. The molecular weight excluding hydrogens is 398 g/mol. The van der Waals surface area contributed by atoms with Gasteiger partial charge < -0.3 is 4.74 Å². The summed E-state index contributed by atoms with van der Waals surface area (Å²) < 4.78 is 32.4. The number of nitrogens with zero attached hydrogens (tertiary/aromatic N) is 2. The molecule has 4 nitrogen and oxygen atoms in total. The molecule has 2 aliphatic rings. The van der Waals surface area contributed by atoms with Gasteiger partial charge in [-0.15, -0.1) is 0 Å². The van der Waals surface area contributed by atoms with Crippen molar-refractivity contribution in [3.63, 3.8) is 0 Å².